The number of methoxy groups -OCH3 is 1. The van der Waals surface area contributed by atoms with Crippen LogP contribution in [0.3, 0.4) is 0 Å². The molecule has 0 bridgehead atoms. The van der Waals surface area contributed by atoms with Crippen LogP contribution in [0.5, 0.6) is 11.5 Å². The molecule has 0 aliphatic heterocycles. The number of carbonyl (C=O) groups is 2. The highest BCUT2D eigenvalue weighted by Crippen LogP contribution is 2.27. The number of benzene rings is 1. The van der Waals surface area contributed by atoms with Crippen LogP contribution in [-0.2, 0) is 11.2 Å². The van der Waals surface area contributed by atoms with Crippen molar-refractivity contribution in [1.82, 2.24) is 5.32 Å². The van der Waals surface area contributed by atoms with Crippen molar-refractivity contribution < 1.29 is 28.6 Å². The van der Waals surface area contributed by atoms with Crippen LogP contribution < -0.4 is 15.7 Å². The molecule has 1 aromatic carbocycles. The summed E-state index contributed by atoms with van der Waals surface area (Å²) in [6, 6.07) is 8.81. The SMILES string of the molecule is CCCOc1ccc(CC(C)C(=O)c2c(O)cc(C(C)CC/C=C/NC(=O)OC)oc2=O)cc1. The van der Waals surface area contributed by atoms with Crippen molar-refractivity contribution in [3.05, 3.63) is 69.9 Å². The van der Waals surface area contributed by atoms with E-state index in [1.165, 1.54) is 19.4 Å². The van der Waals surface area contributed by atoms with E-state index in [0.717, 1.165) is 17.7 Å². The quantitative estimate of drug-likeness (QED) is 0.421. The molecule has 2 rings (SSSR count). The zero-order valence-electron chi connectivity index (χ0n) is 20.1. The van der Waals surface area contributed by atoms with Crippen molar-refractivity contribution in [3.8, 4) is 11.5 Å². The molecule has 2 N–H and O–H groups in total. The Hall–Kier alpha value is -3.55. The minimum Gasteiger partial charge on any atom is -0.507 e. The van der Waals surface area contributed by atoms with Crippen LogP contribution in [0.1, 0.15) is 67.6 Å². The van der Waals surface area contributed by atoms with Crippen molar-refractivity contribution in [2.45, 2.75) is 52.4 Å². The highest BCUT2D eigenvalue weighted by Gasteiger charge is 2.25. The molecule has 8 nitrogen and oxygen atoms in total. The van der Waals surface area contributed by atoms with Gasteiger partial charge in [-0.25, -0.2) is 9.59 Å². The molecular weight excluding hydrogens is 438 g/mol. The van der Waals surface area contributed by atoms with Crippen molar-refractivity contribution in [2.24, 2.45) is 5.92 Å². The molecule has 0 aliphatic carbocycles. The van der Waals surface area contributed by atoms with E-state index in [1.54, 1.807) is 13.0 Å². The number of nitrogens with one attached hydrogen (secondary N) is 1. The second-order valence-corrected chi connectivity index (χ2v) is 8.17. The highest BCUT2D eigenvalue weighted by atomic mass is 16.5. The standard InChI is InChI=1S/C26H33NO7/c1-5-14-33-20-11-9-19(10-12-20)15-18(3)24(29)23-21(28)16-22(34-25(23)30)17(2)8-6-7-13-27-26(31)32-4/h7,9-13,16-18,28H,5-6,8,14-15H2,1-4H3,(H,27,31)/b13-7+. The average Bonchev–Trinajstić information content (AvgIpc) is 2.82. The third kappa shape index (κ3) is 7.79. The summed E-state index contributed by atoms with van der Waals surface area (Å²) in [6.45, 7) is 6.23. The summed E-state index contributed by atoms with van der Waals surface area (Å²) in [5, 5.41) is 12.9. The Kier molecular flexibility index (Phi) is 10.4. The molecular formula is C26H33NO7. The van der Waals surface area contributed by atoms with Gasteiger partial charge < -0.3 is 19.0 Å². The lowest BCUT2D eigenvalue weighted by molar-refractivity contribution is 0.0921. The number of rotatable bonds is 12. The van der Waals surface area contributed by atoms with Gasteiger partial charge in [0, 0.05) is 24.1 Å². The first-order valence-electron chi connectivity index (χ1n) is 11.4. The van der Waals surface area contributed by atoms with Gasteiger partial charge in [0.2, 0.25) is 0 Å². The molecule has 2 unspecified atom stereocenters. The van der Waals surface area contributed by atoms with Crippen LogP contribution in [0.25, 0.3) is 0 Å². The lowest BCUT2D eigenvalue weighted by Gasteiger charge is -2.14. The zero-order valence-corrected chi connectivity index (χ0v) is 20.1. The van der Waals surface area contributed by atoms with Crippen LogP contribution in [0.2, 0.25) is 0 Å². The van der Waals surface area contributed by atoms with Crippen molar-refractivity contribution in [3.63, 3.8) is 0 Å². The fourth-order valence-electron chi connectivity index (χ4n) is 3.36. The number of hydrogen-bond acceptors (Lipinski definition) is 7. The van der Waals surface area contributed by atoms with E-state index in [0.29, 0.717) is 31.6 Å². The number of carbonyl (C=O) groups excluding carboxylic acids is 2. The van der Waals surface area contributed by atoms with Crippen molar-refractivity contribution in [2.75, 3.05) is 13.7 Å². The molecule has 0 radical (unpaired) electrons. The Balaban J connectivity index is 2.01. The van der Waals surface area contributed by atoms with Gasteiger partial charge in [0.1, 0.15) is 22.8 Å². The monoisotopic (exact) mass is 471 g/mol. The molecule has 1 aromatic heterocycles. The van der Waals surface area contributed by atoms with Gasteiger partial charge in [0.15, 0.2) is 5.78 Å². The largest absolute Gasteiger partial charge is 0.507 e. The Bertz CT molecular complexity index is 1040. The second kappa shape index (κ2) is 13.2. The maximum absolute atomic E-state index is 12.9. The summed E-state index contributed by atoms with van der Waals surface area (Å²) in [7, 11) is 1.27. The first-order valence-corrected chi connectivity index (χ1v) is 11.4. The van der Waals surface area contributed by atoms with Gasteiger partial charge in [-0.3, -0.25) is 10.1 Å². The molecule has 0 spiro atoms. The summed E-state index contributed by atoms with van der Waals surface area (Å²) in [5.41, 5.74) is -0.244. The van der Waals surface area contributed by atoms with Gasteiger partial charge in [-0.2, -0.15) is 0 Å². The summed E-state index contributed by atoms with van der Waals surface area (Å²) in [6.07, 6.45) is 5.18. The minimum absolute atomic E-state index is 0.184. The summed E-state index contributed by atoms with van der Waals surface area (Å²) in [5.74, 6) is -0.482. The summed E-state index contributed by atoms with van der Waals surface area (Å²) < 4.78 is 15.4. The Morgan fingerprint density at radius 2 is 1.91 bits per heavy atom. The van der Waals surface area contributed by atoms with Crippen molar-refractivity contribution in [1.29, 1.82) is 0 Å². The predicted octanol–water partition coefficient (Wildman–Crippen LogP) is 4.95. The van der Waals surface area contributed by atoms with Crippen LogP contribution in [0.15, 0.2) is 51.8 Å². The third-order valence-electron chi connectivity index (χ3n) is 5.34. The number of alkyl carbamates (subject to hydrolysis) is 1. The third-order valence-corrected chi connectivity index (χ3v) is 5.34. The Labute approximate surface area is 199 Å². The van der Waals surface area contributed by atoms with Crippen LogP contribution >= 0.6 is 0 Å². The smallest absolute Gasteiger partial charge is 0.410 e. The molecule has 2 aromatic rings. The Morgan fingerprint density at radius 1 is 1.21 bits per heavy atom. The lowest BCUT2D eigenvalue weighted by atomic mass is 9.92. The molecule has 8 heteroatoms. The summed E-state index contributed by atoms with van der Waals surface area (Å²) in [4.78, 5) is 36.5. The molecule has 0 aliphatic rings. The molecule has 1 heterocycles. The molecule has 0 saturated heterocycles. The van der Waals surface area contributed by atoms with Gasteiger partial charge in [-0.15, -0.1) is 0 Å². The van der Waals surface area contributed by atoms with Gasteiger partial charge >= 0.3 is 11.7 Å². The number of ketones is 1. The van der Waals surface area contributed by atoms with E-state index in [4.69, 9.17) is 9.15 Å². The van der Waals surface area contributed by atoms with Crippen LogP contribution in [0, 0.1) is 5.92 Å². The first-order chi connectivity index (χ1) is 16.3. The van der Waals surface area contributed by atoms with E-state index in [9.17, 15) is 19.5 Å². The van der Waals surface area contributed by atoms with E-state index in [1.807, 2.05) is 38.1 Å². The Morgan fingerprint density at radius 3 is 2.53 bits per heavy atom. The van der Waals surface area contributed by atoms with Gasteiger partial charge in [0.05, 0.1) is 13.7 Å². The van der Waals surface area contributed by atoms with Gasteiger partial charge in [-0.05, 0) is 43.4 Å². The fraction of sp³-hybridized carbons (Fsp3) is 0.423. The van der Waals surface area contributed by atoms with E-state index in [2.05, 4.69) is 10.1 Å². The predicted molar refractivity (Wildman–Crippen MR) is 128 cm³/mol. The lowest BCUT2D eigenvalue weighted by Crippen LogP contribution is -2.22. The maximum Gasteiger partial charge on any atom is 0.410 e. The van der Waals surface area contributed by atoms with E-state index in [-0.39, 0.29) is 17.2 Å². The van der Waals surface area contributed by atoms with Crippen LogP contribution in [-0.4, -0.2) is 30.7 Å². The molecule has 0 saturated carbocycles. The van der Waals surface area contributed by atoms with Gasteiger partial charge in [0.25, 0.3) is 0 Å². The van der Waals surface area contributed by atoms with Gasteiger partial charge in [-0.1, -0.05) is 39.0 Å². The van der Waals surface area contributed by atoms with Crippen LogP contribution in [0.4, 0.5) is 4.79 Å². The summed E-state index contributed by atoms with van der Waals surface area (Å²) >= 11 is 0. The van der Waals surface area contributed by atoms with E-state index < -0.39 is 23.4 Å². The number of amides is 1. The van der Waals surface area contributed by atoms with E-state index >= 15 is 0 Å². The number of aromatic hydroxyl groups is 1. The maximum atomic E-state index is 12.9. The first kappa shape index (κ1) is 26.7. The fourth-order valence-corrected chi connectivity index (χ4v) is 3.36. The normalized spacial score (nSPS) is 12.8. The number of hydrogen-bond donors (Lipinski definition) is 2. The molecule has 184 valence electrons. The number of allylic oxidation sites excluding steroid dienone is 1. The zero-order chi connectivity index (χ0) is 25.1. The molecule has 1 amide bonds. The molecule has 2 atom stereocenters. The number of ether oxygens (including phenoxy) is 2. The average molecular weight is 472 g/mol. The van der Waals surface area contributed by atoms with Crippen molar-refractivity contribution >= 4 is 11.9 Å². The number of Topliss-reactive ketones (excluding diaryl/α,β-unsaturated/α-hetero) is 1. The second-order valence-electron chi connectivity index (χ2n) is 8.17. The molecule has 0 fully saturated rings. The topological polar surface area (TPSA) is 115 Å². The molecule has 34 heavy (non-hydrogen) atoms. The minimum atomic E-state index is -0.843. The highest BCUT2D eigenvalue weighted by molar-refractivity contribution is 5.99.